The predicted molar refractivity (Wildman–Crippen MR) is 87.6 cm³/mol. The van der Waals surface area contributed by atoms with E-state index in [0.717, 1.165) is 32.3 Å². The highest BCUT2D eigenvalue weighted by Crippen LogP contribution is 2.32. The zero-order valence-corrected chi connectivity index (χ0v) is 11.6. The number of aromatic hydroxyl groups is 1. The molecular weight excluding hydrogens is 276 g/mol. The molecule has 0 saturated heterocycles. The largest absolute Gasteiger partial charge is 0.508 e. The second-order valence-corrected chi connectivity index (χ2v) is 5.37. The summed E-state index contributed by atoms with van der Waals surface area (Å²) < 4.78 is 0. The lowest BCUT2D eigenvalue weighted by molar-refractivity contribution is 0.0697. The first-order valence-corrected chi connectivity index (χ1v) is 6.95. The maximum Gasteiger partial charge on any atom is 0.335 e. The molecule has 0 saturated carbocycles. The molecule has 2 N–H and O–H groups in total. The summed E-state index contributed by atoms with van der Waals surface area (Å²) in [5, 5.41) is 24.9. The van der Waals surface area contributed by atoms with Gasteiger partial charge in [-0.3, -0.25) is 0 Å². The molecule has 0 aliphatic carbocycles. The van der Waals surface area contributed by atoms with Gasteiger partial charge in [-0.1, -0.05) is 36.4 Å². The van der Waals surface area contributed by atoms with E-state index in [1.807, 2.05) is 36.4 Å². The molecule has 0 unspecified atom stereocenters. The van der Waals surface area contributed by atoms with Gasteiger partial charge >= 0.3 is 5.97 Å². The van der Waals surface area contributed by atoms with Crippen molar-refractivity contribution in [1.29, 1.82) is 0 Å². The zero-order valence-electron chi connectivity index (χ0n) is 11.6. The highest BCUT2D eigenvalue weighted by Gasteiger charge is 2.08. The fraction of sp³-hybridized carbons (Fsp3) is 0. The van der Waals surface area contributed by atoms with Crippen LogP contribution < -0.4 is 0 Å². The second kappa shape index (κ2) is 4.46. The van der Waals surface area contributed by atoms with Crippen LogP contribution in [-0.4, -0.2) is 16.2 Å². The van der Waals surface area contributed by atoms with Gasteiger partial charge in [0.05, 0.1) is 5.56 Å². The molecule has 3 nitrogen and oxygen atoms in total. The van der Waals surface area contributed by atoms with Gasteiger partial charge in [-0.05, 0) is 56.6 Å². The van der Waals surface area contributed by atoms with Gasteiger partial charge in [0.2, 0.25) is 0 Å². The molecule has 22 heavy (non-hydrogen) atoms. The summed E-state index contributed by atoms with van der Waals surface area (Å²) in [4.78, 5) is 11.1. The van der Waals surface area contributed by atoms with Gasteiger partial charge in [0, 0.05) is 0 Å². The number of carboxylic acid groups (broad SMARTS) is 1. The minimum absolute atomic E-state index is 0.249. The molecule has 0 bridgehead atoms. The van der Waals surface area contributed by atoms with Crippen LogP contribution in [0.1, 0.15) is 10.4 Å². The van der Waals surface area contributed by atoms with Crippen molar-refractivity contribution in [3.8, 4) is 5.75 Å². The van der Waals surface area contributed by atoms with Gasteiger partial charge in [0.1, 0.15) is 5.75 Å². The molecule has 0 radical (unpaired) electrons. The number of hydrogen-bond donors (Lipinski definition) is 2. The smallest absolute Gasteiger partial charge is 0.335 e. The molecule has 0 fully saturated rings. The lowest BCUT2D eigenvalue weighted by Gasteiger charge is -2.08. The Morgan fingerprint density at radius 3 is 1.86 bits per heavy atom. The number of carbonyl (C=O) groups is 1. The summed E-state index contributed by atoms with van der Waals surface area (Å²) >= 11 is 0. The lowest BCUT2D eigenvalue weighted by Crippen LogP contribution is -1.95. The van der Waals surface area contributed by atoms with Crippen molar-refractivity contribution in [3.63, 3.8) is 0 Å². The second-order valence-electron chi connectivity index (χ2n) is 5.37. The molecule has 0 aliphatic heterocycles. The number of fused-ring (bicyclic) bond motifs is 5. The monoisotopic (exact) mass is 288 g/mol. The molecule has 4 rings (SSSR count). The van der Waals surface area contributed by atoms with Crippen molar-refractivity contribution in [1.82, 2.24) is 0 Å². The van der Waals surface area contributed by atoms with Crippen molar-refractivity contribution in [2.75, 3.05) is 0 Å². The maximum absolute atomic E-state index is 11.1. The molecule has 4 aromatic rings. The van der Waals surface area contributed by atoms with E-state index in [0.29, 0.717) is 0 Å². The summed E-state index contributed by atoms with van der Waals surface area (Å²) in [6.07, 6.45) is 0. The first kappa shape index (κ1) is 12.7. The van der Waals surface area contributed by atoms with E-state index in [1.165, 1.54) is 0 Å². The SMILES string of the molecule is O=C(O)c1ccc2c(ccc3c4ccc(O)cc4ccc23)c1. The third-order valence-corrected chi connectivity index (χ3v) is 4.06. The number of aromatic carboxylic acids is 1. The predicted octanol–water partition coefficient (Wildman–Crippen LogP) is 4.55. The van der Waals surface area contributed by atoms with E-state index in [9.17, 15) is 9.90 Å². The van der Waals surface area contributed by atoms with Crippen LogP contribution in [0.15, 0.2) is 60.7 Å². The van der Waals surface area contributed by atoms with Crippen molar-refractivity contribution in [3.05, 3.63) is 66.2 Å². The van der Waals surface area contributed by atoms with Gasteiger partial charge < -0.3 is 10.2 Å². The van der Waals surface area contributed by atoms with Gasteiger partial charge in [-0.15, -0.1) is 0 Å². The van der Waals surface area contributed by atoms with Crippen LogP contribution in [0.2, 0.25) is 0 Å². The third-order valence-electron chi connectivity index (χ3n) is 4.06. The molecule has 4 aromatic carbocycles. The Labute approximate surface area is 126 Å². The first-order valence-electron chi connectivity index (χ1n) is 6.95. The van der Waals surface area contributed by atoms with Crippen LogP contribution in [-0.2, 0) is 0 Å². The number of phenolic OH excluding ortho intramolecular Hbond substituents is 1. The van der Waals surface area contributed by atoms with Crippen molar-refractivity contribution >= 4 is 38.3 Å². The zero-order chi connectivity index (χ0) is 15.3. The highest BCUT2D eigenvalue weighted by molar-refractivity contribution is 6.17. The molecule has 106 valence electrons. The Bertz CT molecular complexity index is 1060. The molecule has 0 aromatic heterocycles. The van der Waals surface area contributed by atoms with E-state index in [1.54, 1.807) is 24.3 Å². The molecule has 0 aliphatic rings. The molecule has 0 spiro atoms. The summed E-state index contributed by atoms with van der Waals surface area (Å²) in [7, 11) is 0. The van der Waals surface area contributed by atoms with Crippen LogP contribution in [0.3, 0.4) is 0 Å². The van der Waals surface area contributed by atoms with Crippen LogP contribution in [0.25, 0.3) is 32.3 Å². The first-order chi connectivity index (χ1) is 10.6. The standard InChI is InChI=1S/C19H12O3/c20-14-4-8-16-12(10-14)2-7-17-15-5-3-13(19(21)22)9-11(15)1-6-18(16)17/h1-10,20H,(H,21,22). The number of benzene rings is 4. The number of carboxylic acids is 1. The van der Waals surface area contributed by atoms with E-state index >= 15 is 0 Å². The number of hydrogen-bond acceptors (Lipinski definition) is 2. The molecule has 0 amide bonds. The molecule has 0 atom stereocenters. The van der Waals surface area contributed by atoms with Crippen molar-refractivity contribution in [2.24, 2.45) is 0 Å². The summed E-state index contributed by atoms with van der Waals surface area (Å²) in [5.41, 5.74) is 0.289. The normalized spacial score (nSPS) is 11.3. The Morgan fingerprint density at radius 2 is 1.23 bits per heavy atom. The Kier molecular flexibility index (Phi) is 2.57. The van der Waals surface area contributed by atoms with Crippen molar-refractivity contribution < 1.29 is 15.0 Å². The minimum atomic E-state index is -0.920. The van der Waals surface area contributed by atoms with Gasteiger partial charge in [0.15, 0.2) is 0 Å². The van der Waals surface area contributed by atoms with Gasteiger partial charge in [-0.2, -0.15) is 0 Å². The average Bonchev–Trinajstić information content (AvgIpc) is 2.53. The Balaban J connectivity index is 2.12. The van der Waals surface area contributed by atoms with E-state index in [2.05, 4.69) is 0 Å². The third kappa shape index (κ3) is 1.79. The summed E-state index contributed by atoms with van der Waals surface area (Å²) in [6.45, 7) is 0. The van der Waals surface area contributed by atoms with Gasteiger partial charge in [-0.25, -0.2) is 4.79 Å². The quantitative estimate of drug-likeness (QED) is 0.505. The Morgan fingerprint density at radius 1 is 0.682 bits per heavy atom. The molecular formula is C19H12O3. The van der Waals surface area contributed by atoms with Crippen LogP contribution in [0.5, 0.6) is 5.75 Å². The fourth-order valence-electron chi connectivity index (χ4n) is 3.01. The van der Waals surface area contributed by atoms with E-state index in [4.69, 9.17) is 5.11 Å². The summed E-state index contributed by atoms with van der Waals surface area (Å²) in [6, 6.07) is 18.4. The topological polar surface area (TPSA) is 57.5 Å². The molecule has 0 heterocycles. The lowest BCUT2D eigenvalue weighted by atomic mass is 9.96. The number of rotatable bonds is 1. The van der Waals surface area contributed by atoms with E-state index in [-0.39, 0.29) is 11.3 Å². The molecule has 3 heteroatoms. The summed E-state index contributed by atoms with van der Waals surface area (Å²) in [5.74, 6) is -0.672. The van der Waals surface area contributed by atoms with Crippen LogP contribution in [0.4, 0.5) is 0 Å². The number of phenols is 1. The van der Waals surface area contributed by atoms with Crippen molar-refractivity contribution in [2.45, 2.75) is 0 Å². The average molecular weight is 288 g/mol. The maximum atomic E-state index is 11.1. The van der Waals surface area contributed by atoms with Crippen LogP contribution in [0, 0.1) is 0 Å². The van der Waals surface area contributed by atoms with Gasteiger partial charge in [0.25, 0.3) is 0 Å². The van der Waals surface area contributed by atoms with Crippen LogP contribution >= 0.6 is 0 Å². The fourth-order valence-corrected chi connectivity index (χ4v) is 3.01. The highest BCUT2D eigenvalue weighted by atomic mass is 16.4. The minimum Gasteiger partial charge on any atom is -0.508 e. The Hall–Kier alpha value is -3.07. The van der Waals surface area contributed by atoms with E-state index < -0.39 is 5.97 Å².